The molecule has 0 spiro atoms. The van der Waals surface area contributed by atoms with E-state index in [0.29, 0.717) is 15.8 Å². The summed E-state index contributed by atoms with van der Waals surface area (Å²) >= 11 is 3.29. The summed E-state index contributed by atoms with van der Waals surface area (Å²) in [7, 11) is 1.52. The van der Waals surface area contributed by atoms with Crippen LogP contribution >= 0.6 is 15.9 Å². The molecule has 1 amide bonds. The van der Waals surface area contributed by atoms with Crippen molar-refractivity contribution >= 4 is 27.5 Å². The number of nitrogens with one attached hydrogen (secondary N) is 1. The summed E-state index contributed by atoms with van der Waals surface area (Å²) < 4.78 is 19.4. The van der Waals surface area contributed by atoms with Crippen molar-refractivity contribution in [3.63, 3.8) is 0 Å². The molecule has 0 aliphatic carbocycles. The van der Waals surface area contributed by atoms with E-state index in [1.54, 1.807) is 31.2 Å². The molecule has 0 saturated heterocycles. The second-order valence-electron chi connectivity index (χ2n) is 4.28. The van der Waals surface area contributed by atoms with Crippen molar-refractivity contribution in [1.82, 2.24) is 0 Å². The Balaban J connectivity index is 2.28. The molecule has 0 fully saturated rings. The Kier molecular flexibility index (Phi) is 4.39. The summed E-state index contributed by atoms with van der Waals surface area (Å²) in [6.07, 6.45) is 0. The van der Waals surface area contributed by atoms with Gasteiger partial charge in [-0.1, -0.05) is 6.07 Å². The lowest BCUT2D eigenvalue weighted by Gasteiger charge is -2.09. The minimum absolute atomic E-state index is 0.148. The van der Waals surface area contributed by atoms with Crippen molar-refractivity contribution in [3.05, 3.63) is 57.8 Å². The first-order valence-electron chi connectivity index (χ1n) is 5.92. The highest BCUT2D eigenvalue weighted by Crippen LogP contribution is 2.24. The van der Waals surface area contributed by atoms with E-state index in [9.17, 15) is 9.18 Å². The Hall–Kier alpha value is -1.88. The van der Waals surface area contributed by atoms with Gasteiger partial charge in [-0.2, -0.15) is 0 Å². The maximum atomic E-state index is 13.7. The van der Waals surface area contributed by atoms with Crippen LogP contribution in [0.25, 0.3) is 0 Å². The maximum absolute atomic E-state index is 13.7. The van der Waals surface area contributed by atoms with Crippen LogP contribution in [0, 0.1) is 12.7 Å². The molecule has 0 saturated carbocycles. The highest BCUT2D eigenvalue weighted by atomic mass is 79.9. The van der Waals surface area contributed by atoms with Crippen molar-refractivity contribution in [3.8, 4) is 5.75 Å². The monoisotopic (exact) mass is 337 g/mol. The lowest BCUT2D eigenvalue weighted by atomic mass is 10.1. The first kappa shape index (κ1) is 14.5. The van der Waals surface area contributed by atoms with Crippen LogP contribution < -0.4 is 10.1 Å². The predicted octanol–water partition coefficient (Wildman–Crippen LogP) is 4.16. The SMILES string of the molecule is COc1ccc(Br)c(C(=O)Nc2ccc(C)cc2F)c1. The summed E-state index contributed by atoms with van der Waals surface area (Å²) in [5.74, 6) is -0.307. The van der Waals surface area contributed by atoms with Crippen LogP contribution in [0.2, 0.25) is 0 Å². The van der Waals surface area contributed by atoms with E-state index in [-0.39, 0.29) is 5.69 Å². The van der Waals surface area contributed by atoms with Gasteiger partial charge < -0.3 is 10.1 Å². The van der Waals surface area contributed by atoms with E-state index < -0.39 is 11.7 Å². The van der Waals surface area contributed by atoms with Gasteiger partial charge in [0.1, 0.15) is 11.6 Å². The van der Waals surface area contributed by atoms with E-state index in [4.69, 9.17) is 4.74 Å². The maximum Gasteiger partial charge on any atom is 0.257 e. The molecule has 0 aliphatic heterocycles. The van der Waals surface area contributed by atoms with E-state index in [2.05, 4.69) is 21.2 Å². The lowest BCUT2D eigenvalue weighted by Crippen LogP contribution is -2.13. The zero-order valence-corrected chi connectivity index (χ0v) is 12.6. The number of ether oxygens (including phenoxy) is 1. The number of amides is 1. The Morgan fingerprint density at radius 3 is 2.65 bits per heavy atom. The Labute approximate surface area is 124 Å². The molecule has 104 valence electrons. The number of benzene rings is 2. The van der Waals surface area contributed by atoms with Crippen LogP contribution in [0.15, 0.2) is 40.9 Å². The van der Waals surface area contributed by atoms with Crippen molar-refractivity contribution < 1.29 is 13.9 Å². The summed E-state index contributed by atoms with van der Waals surface area (Å²) in [5, 5.41) is 2.55. The molecule has 3 nitrogen and oxygen atoms in total. The topological polar surface area (TPSA) is 38.3 Å². The third kappa shape index (κ3) is 3.17. The van der Waals surface area contributed by atoms with Crippen LogP contribution in [0.3, 0.4) is 0 Å². The fraction of sp³-hybridized carbons (Fsp3) is 0.133. The number of aryl methyl sites for hydroxylation is 1. The molecule has 0 aromatic heterocycles. The molecule has 0 unspecified atom stereocenters. The van der Waals surface area contributed by atoms with E-state index >= 15 is 0 Å². The van der Waals surface area contributed by atoms with Crippen LogP contribution in [-0.2, 0) is 0 Å². The smallest absolute Gasteiger partial charge is 0.257 e. The molecule has 2 aromatic carbocycles. The Bertz CT molecular complexity index is 658. The molecule has 0 bridgehead atoms. The number of rotatable bonds is 3. The van der Waals surface area contributed by atoms with E-state index in [0.717, 1.165) is 5.56 Å². The van der Waals surface area contributed by atoms with Crippen molar-refractivity contribution in [2.75, 3.05) is 12.4 Å². The van der Waals surface area contributed by atoms with Gasteiger partial charge in [-0.05, 0) is 58.7 Å². The fourth-order valence-corrected chi connectivity index (χ4v) is 2.14. The van der Waals surface area contributed by atoms with Crippen molar-refractivity contribution in [2.45, 2.75) is 6.92 Å². The molecular formula is C15H13BrFNO2. The van der Waals surface area contributed by atoms with Crippen molar-refractivity contribution in [1.29, 1.82) is 0 Å². The van der Waals surface area contributed by atoms with Crippen LogP contribution in [0.5, 0.6) is 5.75 Å². The summed E-state index contributed by atoms with van der Waals surface area (Å²) in [4.78, 5) is 12.2. The molecule has 0 atom stereocenters. The summed E-state index contributed by atoms with van der Waals surface area (Å²) in [5.41, 5.74) is 1.32. The standard InChI is InChI=1S/C15H13BrFNO2/c1-9-3-6-14(13(17)7-9)18-15(19)11-8-10(20-2)4-5-12(11)16/h3-8H,1-2H3,(H,18,19). The molecule has 20 heavy (non-hydrogen) atoms. The third-order valence-electron chi connectivity index (χ3n) is 2.79. The largest absolute Gasteiger partial charge is 0.497 e. The Morgan fingerprint density at radius 2 is 2.00 bits per heavy atom. The molecule has 2 rings (SSSR count). The third-order valence-corrected chi connectivity index (χ3v) is 3.48. The first-order valence-corrected chi connectivity index (χ1v) is 6.71. The number of carbonyl (C=O) groups is 1. The van der Waals surface area contributed by atoms with Gasteiger partial charge in [-0.25, -0.2) is 4.39 Å². The number of methoxy groups -OCH3 is 1. The van der Waals surface area contributed by atoms with Gasteiger partial charge in [0.15, 0.2) is 0 Å². The fourth-order valence-electron chi connectivity index (χ4n) is 1.72. The second-order valence-corrected chi connectivity index (χ2v) is 5.14. The van der Waals surface area contributed by atoms with Gasteiger partial charge in [0.05, 0.1) is 18.4 Å². The number of hydrogen-bond donors (Lipinski definition) is 1. The molecule has 1 N–H and O–H groups in total. The minimum Gasteiger partial charge on any atom is -0.497 e. The van der Waals surface area contributed by atoms with Crippen LogP contribution in [-0.4, -0.2) is 13.0 Å². The summed E-state index contributed by atoms with van der Waals surface area (Å²) in [6, 6.07) is 9.67. The average Bonchev–Trinajstić information content (AvgIpc) is 2.42. The highest BCUT2D eigenvalue weighted by Gasteiger charge is 2.13. The first-order chi connectivity index (χ1) is 9.51. The molecule has 5 heteroatoms. The predicted molar refractivity (Wildman–Crippen MR) is 79.8 cm³/mol. The summed E-state index contributed by atoms with van der Waals surface area (Å²) in [6.45, 7) is 1.79. The number of halogens is 2. The van der Waals surface area contributed by atoms with Crippen LogP contribution in [0.1, 0.15) is 15.9 Å². The quantitative estimate of drug-likeness (QED) is 0.913. The van der Waals surface area contributed by atoms with Crippen molar-refractivity contribution in [2.24, 2.45) is 0 Å². The molecule has 0 heterocycles. The lowest BCUT2D eigenvalue weighted by molar-refractivity contribution is 0.102. The van der Waals surface area contributed by atoms with Gasteiger partial charge in [-0.3, -0.25) is 4.79 Å². The Morgan fingerprint density at radius 1 is 1.25 bits per heavy atom. The average molecular weight is 338 g/mol. The zero-order valence-electron chi connectivity index (χ0n) is 11.0. The number of carbonyl (C=O) groups excluding carboxylic acids is 1. The van der Waals surface area contributed by atoms with Gasteiger partial charge >= 0.3 is 0 Å². The van der Waals surface area contributed by atoms with E-state index in [1.165, 1.54) is 19.2 Å². The number of hydrogen-bond acceptors (Lipinski definition) is 2. The molecule has 0 radical (unpaired) electrons. The van der Waals surface area contributed by atoms with Gasteiger partial charge in [0, 0.05) is 4.47 Å². The molecule has 0 aliphatic rings. The zero-order chi connectivity index (χ0) is 14.7. The highest BCUT2D eigenvalue weighted by molar-refractivity contribution is 9.10. The number of anilines is 1. The van der Waals surface area contributed by atoms with Crippen LogP contribution in [0.4, 0.5) is 10.1 Å². The molecular weight excluding hydrogens is 325 g/mol. The van der Waals surface area contributed by atoms with Gasteiger partial charge in [-0.15, -0.1) is 0 Å². The van der Waals surface area contributed by atoms with Gasteiger partial charge in [0.25, 0.3) is 5.91 Å². The normalized spacial score (nSPS) is 10.2. The van der Waals surface area contributed by atoms with Gasteiger partial charge in [0.2, 0.25) is 0 Å². The second kappa shape index (κ2) is 6.05. The minimum atomic E-state index is -0.461. The molecule has 2 aromatic rings. The van der Waals surface area contributed by atoms with E-state index in [1.807, 2.05) is 0 Å².